The number of ether oxygens (including phenoxy) is 1. The number of tetrazole rings is 1. The van der Waals surface area contributed by atoms with Crippen LogP contribution in [-0.4, -0.2) is 71.1 Å². The van der Waals surface area contributed by atoms with Crippen LogP contribution in [-0.2, 0) is 38.8 Å². The molecule has 1 heterocycles. The molecule has 1 aromatic heterocycles. The highest BCUT2D eigenvalue weighted by molar-refractivity contribution is 14.1. The van der Waals surface area contributed by atoms with Crippen LogP contribution in [0.25, 0.3) is 11.8 Å². The summed E-state index contributed by atoms with van der Waals surface area (Å²) < 4.78 is 43.6. The molecule has 0 bridgehead atoms. The first-order valence-corrected chi connectivity index (χ1v) is 17.6. The van der Waals surface area contributed by atoms with Crippen molar-refractivity contribution >= 4 is 65.5 Å². The van der Waals surface area contributed by atoms with Crippen LogP contribution in [0.2, 0.25) is 0 Å². The number of hydrogen-bond donors (Lipinski definition) is 3. The van der Waals surface area contributed by atoms with Crippen molar-refractivity contribution in [2.45, 2.75) is 16.9 Å². The summed E-state index contributed by atoms with van der Waals surface area (Å²) in [5.74, 6) is -1.99. The average Bonchev–Trinajstić information content (AvgIpc) is 3.63. The number of rotatable bonds is 15. The van der Waals surface area contributed by atoms with E-state index in [0.29, 0.717) is 11.3 Å². The van der Waals surface area contributed by atoms with E-state index < -0.39 is 37.4 Å². The van der Waals surface area contributed by atoms with E-state index in [1.165, 1.54) is 43.4 Å². The van der Waals surface area contributed by atoms with E-state index in [-0.39, 0.29) is 30.6 Å². The SMILES string of the molecule is COP(=O)(CCOC(=O)Nc1ccc(NC(=O)[C@H](Cc2ccccc2)NC(=O)/C=C/c2cc(CI)ccc2-n2cnnn2)cc1F)OC. The van der Waals surface area contributed by atoms with Gasteiger partial charge in [0.15, 0.2) is 0 Å². The average molecular weight is 792 g/mol. The Morgan fingerprint density at radius 3 is 2.46 bits per heavy atom. The van der Waals surface area contributed by atoms with Gasteiger partial charge in [0.2, 0.25) is 11.8 Å². The summed E-state index contributed by atoms with van der Waals surface area (Å²) in [4.78, 5) is 38.6. The molecule has 0 aliphatic carbocycles. The van der Waals surface area contributed by atoms with Gasteiger partial charge in [-0.05, 0) is 58.0 Å². The lowest BCUT2D eigenvalue weighted by molar-refractivity contribution is -0.123. The molecule has 0 saturated carbocycles. The van der Waals surface area contributed by atoms with E-state index in [9.17, 15) is 23.3 Å². The highest BCUT2D eigenvalue weighted by Gasteiger charge is 2.23. The predicted molar refractivity (Wildman–Crippen MR) is 184 cm³/mol. The second-order valence-electron chi connectivity index (χ2n) is 10.0. The second kappa shape index (κ2) is 17.6. The Morgan fingerprint density at radius 2 is 1.79 bits per heavy atom. The van der Waals surface area contributed by atoms with Crippen molar-refractivity contribution in [3.05, 3.63) is 102 Å². The second-order valence-corrected chi connectivity index (χ2v) is 13.2. The number of nitrogens with one attached hydrogen (secondary N) is 3. The van der Waals surface area contributed by atoms with E-state index in [1.807, 2.05) is 48.5 Å². The van der Waals surface area contributed by atoms with Crippen LogP contribution >= 0.6 is 30.2 Å². The van der Waals surface area contributed by atoms with Crippen molar-refractivity contribution in [2.24, 2.45) is 0 Å². The first-order valence-electron chi connectivity index (χ1n) is 14.3. The molecule has 1 atom stereocenters. The van der Waals surface area contributed by atoms with Crippen molar-refractivity contribution in [1.82, 2.24) is 25.5 Å². The summed E-state index contributed by atoms with van der Waals surface area (Å²) in [5, 5.41) is 18.9. The van der Waals surface area contributed by atoms with Gasteiger partial charge in [0, 0.05) is 42.4 Å². The number of alkyl halides is 1. The lowest BCUT2D eigenvalue weighted by Gasteiger charge is -2.18. The molecule has 3 N–H and O–H groups in total. The van der Waals surface area contributed by atoms with E-state index in [2.05, 4.69) is 54.1 Å². The van der Waals surface area contributed by atoms with Crippen molar-refractivity contribution in [3.63, 3.8) is 0 Å². The van der Waals surface area contributed by atoms with Crippen molar-refractivity contribution in [2.75, 3.05) is 37.6 Å². The first-order chi connectivity index (χ1) is 23.1. The van der Waals surface area contributed by atoms with Crippen LogP contribution < -0.4 is 16.0 Å². The standard InChI is InChI=1S/C31H32FIN7O7P/c1-45-48(44,46-2)15-14-47-31(43)37-26-11-10-24(18-25(26)32)35-30(42)27(17-21-6-4-3-5-7-21)36-29(41)13-9-23-16-22(19-33)8-12-28(23)40-20-34-38-39-40/h3-13,16,18,20,27H,14-15,17,19H2,1-2H3,(H,35,42)(H,36,41)(H,37,43)/b13-9+/t27-/m0/s1. The lowest BCUT2D eigenvalue weighted by Crippen LogP contribution is -2.44. The van der Waals surface area contributed by atoms with Crippen molar-refractivity contribution in [1.29, 1.82) is 0 Å². The Hall–Kier alpha value is -4.51. The molecule has 4 rings (SSSR count). The highest BCUT2D eigenvalue weighted by Crippen LogP contribution is 2.45. The molecule has 0 radical (unpaired) electrons. The molecule has 4 aromatic rings. The van der Waals surface area contributed by atoms with Crippen LogP contribution in [0.15, 0.2) is 79.1 Å². The molecule has 0 aliphatic heterocycles. The van der Waals surface area contributed by atoms with Crippen LogP contribution in [0, 0.1) is 5.82 Å². The van der Waals surface area contributed by atoms with Crippen LogP contribution in [0.1, 0.15) is 16.7 Å². The number of anilines is 2. The zero-order valence-corrected chi connectivity index (χ0v) is 28.9. The van der Waals surface area contributed by atoms with Gasteiger partial charge in [-0.3, -0.25) is 19.5 Å². The minimum absolute atomic E-state index is 0.0853. The maximum Gasteiger partial charge on any atom is 0.411 e. The van der Waals surface area contributed by atoms with Gasteiger partial charge in [0.25, 0.3) is 0 Å². The molecular formula is C31H32FIN7O7P. The summed E-state index contributed by atoms with van der Waals surface area (Å²) in [6, 6.07) is 17.4. The van der Waals surface area contributed by atoms with Gasteiger partial charge in [-0.15, -0.1) is 5.10 Å². The normalized spacial score (nSPS) is 12.0. The summed E-state index contributed by atoms with van der Waals surface area (Å²) >= 11 is 2.24. The fourth-order valence-corrected chi connectivity index (χ4v) is 5.63. The molecule has 17 heteroatoms. The Kier molecular flexibility index (Phi) is 13.3. The van der Waals surface area contributed by atoms with Gasteiger partial charge in [-0.2, -0.15) is 4.68 Å². The Balaban J connectivity index is 1.44. The molecule has 0 spiro atoms. The third-order valence-corrected chi connectivity index (χ3v) is 9.52. The summed E-state index contributed by atoms with van der Waals surface area (Å²) in [7, 11) is -0.967. The molecule has 0 fully saturated rings. The smallest absolute Gasteiger partial charge is 0.411 e. The van der Waals surface area contributed by atoms with E-state index in [4.69, 9.17) is 13.8 Å². The number of halogens is 2. The third kappa shape index (κ3) is 10.5. The zero-order valence-electron chi connectivity index (χ0n) is 25.8. The zero-order chi connectivity index (χ0) is 34.5. The minimum atomic E-state index is -3.38. The minimum Gasteiger partial charge on any atom is -0.449 e. The molecule has 48 heavy (non-hydrogen) atoms. The predicted octanol–water partition coefficient (Wildman–Crippen LogP) is 5.15. The van der Waals surface area contributed by atoms with Gasteiger partial charge in [0.05, 0.1) is 17.5 Å². The number of hydrogen-bond acceptors (Lipinski definition) is 10. The Morgan fingerprint density at radius 1 is 1.02 bits per heavy atom. The van der Waals surface area contributed by atoms with E-state index >= 15 is 0 Å². The lowest BCUT2D eigenvalue weighted by atomic mass is 10.0. The molecule has 0 aliphatic rings. The monoisotopic (exact) mass is 791 g/mol. The van der Waals surface area contributed by atoms with Gasteiger partial charge < -0.3 is 24.4 Å². The summed E-state index contributed by atoms with van der Waals surface area (Å²) in [6.07, 6.45) is 3.34. The largest absolute Gasteiger partial charge is 0.449 e. The summed E-state index contributed by atoms with van der Waals surface area (Å²) in [6.45, 7) is -0.296. The molecule has 14 nitrogen and oxygen atoms in total. The molecule has 3 aromatic carbocycles. The highest BCUT2D eigenvalue weighted by atomic mass is 127. The third-order valence-electron chi connectivity index (χ3n) is 6.80. The first kappa shape index (κ1) is 36.3. The molecule has 252 valence electrons. The Labute approximate surface area is 289 Å². The maximum absolute atomic E-state index is 14.9. The number of carbonyl (C=O) groups is 3. The number of carbonyl (C=O) groups excluding carboxylic acids is 3. The molecule has 3 amide bonds. The van der Waals surface area contributed by atoms with E-state index in [0.717, 1.165) is 21.6 Å². The van der Waals surface area contributed by atoms with E-state index in [1.54, 1.807) is 6.08 Å². The number of aromatic nitrogens is 4. The molecule has 0 saturated heterocycles. The number of benzene rings is 3. The van der Waals surface area contributed by atoms with Crippen LogP contribution in [0.4, 0.5) is 20.6 Å². The van der Waals surface area contributed by atoms with Crippen LogP contribution in [0.5, 0.6) is 0 Å². The van der Waals surface area contributed by atoms with Crippen LogP contribution in [0.3, 0.4) is 0 Å². The fraction of sp³-hybridized carbons (Fsp3) is 0.226. The number of amides is 3. The maximum atomic E-state index is 14.9. The van der Waals surface area contributed by atoms with Crippen molar-refractivity contribution < 1.29 is 37.1 Å². The van der Waals surface area contributed by atoms with Crippen molar-refractivity contribution in [3.8, 4) is 5.69 Å². The quantitative estimate of drug-likeness (QED) is 0.0632. The fourth-order valence-electron chi connectivity index (χ4n) is 4.32. The summed E-state index contributed by atoms with van der Waals surface area (Å²) in [5.41, 5.74) is 3.03. The van der Waals surface area contributed by atoms with Gasteiger partial charge in [0.1, 0.15) is 24.8 Å². The van der Waals surface area contributed by atoms with Gasteiger partial charge >= 0.3 is 13.7 Å². The topological polar surface area (TPSA) is 176 Å². The Bertz CT molecular complexity index is 1790. The van der Waals surface area contributed by atoms with Gasteiger partial charge in [-0.1, -0.05) is 59.0 Å². The van der Waals surface area contributed by atoms with Gasteiger partial charge in [-0.25, -0.2) is 9.18 Å². The molecular weight excluding hydrogens is 759 g/mol. The molecule has 0 unspecified atom stereocenters. The number of nitrogens with zero attached hydrogens (tertiary/aromatic N) is 4.